The van der Waals surface area contributed by atoms with Crippen molar-refractivity contribution in [2.24, 2.45) is 34.6 Å². The molecular formula is C27H34N8S2+2. The molecule has 0 radical (unpaired) electrons. The summed E-state index contributed by atoms with van der Waals surface area (Å²) in [6, 6.07) is 12.3. The fraction of sp³-hybridized carbons (Fsp3) is 0.333. The summed E-state index contributed by atoms with van der Waals surface area (Å²) < 4.78 is 3.93. The lowest BCUT2D eigenvalue weighted by Crippen LogP contribution is -2.23. The van der Waals surface area contributed by atoms with Crippen molar-refractivity contribution in [3.63, 3.8) is 0 Å². The first-order valence-electron chi connectivity index (χ1n) is 12.4. The number of rotatable bonds is 12. The summed E-state index contributed by atoms with van der Waals surface area (Å²) >= 11 is 3.15. The lowest BCUT2D eigenvalue weighted by molar-refractivity contribution is -0.654. The highest BCUT2D eigenvalue weighted by molar-refractivity contribution is 7.13. The van der Waals surface area contributed by atoms with E-state index in [1.165, 1.54) is 11.1 Å². The van der Waals surface area contributed by atoms with E-state index < -0.39 is 0 Å². The molecule has 0 aliphatic rings. The zero-order valence-corrected chi connectivity index (χ0v) is 23.4. The zero-order valence-electron chi connectivity index (χ0n) is 21.8. The third-order valence-corrected chi connectivity index (χ3v) is 7.60. The number of aromatic nitrogens is 2. The Morgan fingerprint density at radius 3 is 1.49 bits per heavy atom. The maximum atomic E-state index is 4.37. The molecule has 0 aliphatic heterocycles. The number of azo groups is 2. The van der Waals surface area contributed by atoms with Crippen molar-refractivity contribution in [3.8, 4) is 0 Å². The van der Waals surface area contributed by atoms with E-state index in [1.807, 2.05) is 58.5 Å². The molecule has 0 amide bonds. The van der Waals surface area contributed by atoms with E-state index in [0.29, 0.717) is 0 Å². The molecule has 0 bridgehead atoms. The molecule has 0 atom stereocenters. The second kappa shape index (κ2) is 13.2. The van der Waals surface area contributed by atoms with E-state index in [0.717, 1.165) is 65.4 Å². The van der Waals surface area contributed by atoms with Gasteiger partial charge in [-0.05, 0) is 114 Å². The van der Waals surface area contributed by atoms with E-state index in [9.17, 15) is 0 Å². The van der Waals surface area contributed by atoms with Gasteiger partial charge in [0, 0.05) is 35.2 Å². The summed E-state index contributed by atoms with van der Waals surface area (Å²) in [7, 11) is 3.94. The molecule has 10 heteroatoms. The lowest BCUT2D eigenvalue weighted by Gasteiger charge is -2.11. The number of anilines is 2. The smallest absolute Gasteiger partial charge is 0.385 e. The highest BCUT2D eigenvalue weighted by Gasteiger charge is 2.09. The average molecular weight is 535 g/mol. The van der Waals surface area contributed by atoms with E-state index in [2.05, 4.69) is 69.2 Å². The van der Waals surface area contributed by atoms with Crippen molar-refractivity contribution < 1.29 is 9.13 Å². The van der Waals surface area contributed by atoms with Gasteiger partial charge in [-0.1, -0.05) is 0 Å². The zero-order chi connectivity index (χ0) is 26.0. The van der Waals surface area contributed by atoms with Crippen LogP contribution in [0.4, 0.5) is 33.0 Å². The molecule has 37 heavy (non-hydrogen) atoms. The van der Waals surface area contributed by atoms with Crippen molar-refractivity contribution in [2.45, 2.75) is 33.1 Å². The Balaban J connectivity index is 1.14. The topological polar surface area (TPSA) is 81.3 Å². The molecule has 0 saturated heterocycles. The minimum atomic E-state index is 0.866. The molecule has 4 aromatic rings. The molecule has 0 fully saturated rings. The first-order chi connectivity index (χ1) is 18.0. The average Bonchev–Trinajstić information content (AvgIpc) is 3.49. The minimum Gasteiger partial charge on any atom is -0.385 e. The molecule has 4 rings (SSSR count). The van der Waals surface area contributed by atoms with Crippen LogP contribution in [0.2, 0.25) is 0 Å². The van der Waals surface area contributed by atoms with Gasteiger partial charge >= 0.3 is 10.3 Å². The molecule has 2 N–H and O–H groups in total. The summed E-state index contributed by atoms with van der Waals surface area (Å²) in [6.45, 7) is 6.11. The van der Waals surface area contributed by atoms with E-state index in [-0.39, 0.29) is 0 Å². The van der Waals surface area contributed by atoms with Crippen LogP contribution in [-0.2, 0) is 14.1 Å². The predicted octanol–water partition coefficient (Wildman–Crippen LogP) is 7.60. The van der Waals surface area contributed by atoms with Crippen LogP contribution < -0.4 is 19.8 Å². The first kappa shape index (κ1) is 26.6. The van der Waals surface area contributed by atoms with Gasteiger partial charge in [0.05, 0.1) is 24.3 Å². The SMILES string of the molecule is Cc1cc(/N=N/c2scc[n+]2C)ccc1NCCCCCNc1ccc(/N=N/c2scc[n+]2C)cc1C. The molecule has 2 aromatic carbocycles. The van der Waals surface area contributed by atoms with E-state index >= 15 is 0 Å². The number of hydrogen-bond donors (Lipinski definition) is 2. The van der Waals surface area contributed by atoms with Crippen LogP contribution in [0.5, 0.6) is 0 Å². The molecule has 0 spiro atoms. The van der Waals surface area contributed by atoms with Gasteiger partial charge in [0.2, 0.25) is 0 Å². The van der Waals surface area contributed by atoms with Crippen molar-refractivity contribution in [3.05, 3.63) is 70.7 Å². The first-order valence-corrected chi connectivity index (χ1v) is 14.1. The van der Waals surface area contributed by atoms with Crippen LogP contribution >= 0.6 is 22.7 Å². The second-order valence-electron chi connectivity index (χ2n) is 8.91. The molecular weight excluding hydrogens is 500 g/mol. The van der Waals surface area contributed by atoms with Gasteiger partial charge in [0.15, 0.2) is 0 Å². The number of aryl methyl sites for hydroxylation is 4. The number of hydrogen-bond acceptors (Lipinski definition) is 8. The second-order valence-corrected chi connectivity index (χ2v) is 10.7. The fourth-order valence-corrected chi connectivity index (χ4v) is 5.10. The third-order valence-electron chi connectivity index (χ3n) is 5.93. The van der Waals surface area contributed by atoms with Crippen LogP contribution in [0.15, 0.2) is 80.0 Å². The summed E-state index contributed by atoms with van der Waals surface area (Å²) in [4.78, 5) is 0. The standard InChI is InChI=1S/C27H32N8S2/c1-20-18-22(30-32-26-34(3)14-16-36-26)8-10-24(20)28-12-6-5-7-13-29-25-11-9-23(19-21(25)2)31-33-27-35(4)15-17-37-27/h8-11,14-19H,5-7,12-13H2,1-4H3/p+2. The molecule has 0 unspecified atom stereocenters. The van der Waals surface area contributed by atoms with Crippen molar-refractivity contribution in [1.82, 2.24) is 0 Å². The minimum absolute atomic E-state index is 0.866. The summed E-state index contributed by atoms with van der Waals surface area (Å²) in [5.41, 5.74) is 6.39. The van der Waals surface area contributed by atoms with Crippen LogP contribution in [0.3, 0.4) is 0 Å². The maximum absolute atomic E-state index is 4.37. The van der Waals surface area contributed by atoms with Crippen LogP contribution in [-0.4, -0.2) is 13.1 Å². The largest absolute Gasteiger partial charge is 0.408 e. The van der Waals surface area contributed by atoms with Gasteiger partial charge in [-0.3, -0.25) is 0 Å². The summed E-state index contributed by atoms with van der Waals surface area (Å²) in [5, 5.41) is 30.3. The number of unbranched alkanes of at least 4 members (excludes halogenated alkanes) is 2. The highest BCUT2D eigenvalue weighted by atomic mass is 32.1. The molecule has 2 heterocycles. The lowest BCUT2D eigenvalue weighted by atomic mass is 10.1. The van der Waals surface area contributed by atoms with E-state index in [1.54, 1.807) is 22.7 Å². The highest BCUT2D eigenvalue weighted by Crippen LogP contribution is 2.25. The van der Waals surface area contributed by atoms with Crippen molar-refractivity contribution in [2.75, 3.05) is 23.7 Å². The van der Waals surface area contributed by atoms with Gasteiger partial charge in [-0.2, -0.15) is 0 Å². The van der Waals surface area contributed by atoms with E-state index in [4.69, 9.17) is 0 Å². The molecule has 0 saturated carbocycles. The van der Waals surface area contributed by atoms with Gasteiger partial charge < -0.3 is 10.6 Å². The Morgan fingerprint density at radius 1 is 0.649 bits per heavy atom. The Bertz CT molecular complexity index is 1270. The van der Waals surface area contributed by atoms with Crippen LogP contribution in [0.25, 0.3) is 0 Å². The Morgan fingerprint density at radius 2 is 1.11 bits per heavy atom. The fourth-order valence-electron chi connectivity index (χ4n) is 3.74. The van der Waals surface area contributed by atoms with Gasteiger partial charge in [-0.15, -0.1) is 0 Å². The monoisotopic (exact) mass is 534 g/mol. The Labute approximate surface area is 226 Å². The number of thiazole rings is 2. The summed E-state index contributed by atoms with van der Waals surface area (Å²) in [6.07, 6.45) is 7.36. The Kier molecular flexibility index (Phi) is 9.45. The van der Waals surface area contributed by atoms with Crippen LogP contribution in [0.1, 0.15) is 30.4 Å². The number of benzene rings is 2. The van der Waals surface area contributed by atoms with Gasteiger partial charge in [0.1, 0.15) is 23.8 Å². The maximum Gasteiger partial charge on any atom is 0.408 e. The third kappa shape index (κ3) is 7.74. The Hall–Kier alpha value is -3.50. The summed E-state index contributed by atoms with van der Waals surface area (Å²) in [5.74, 6) is 0. The van der Waals surface area contributed by atoms with Gasteiger partial charge in [-0.25, -0.2) is 9.13 Å². The molecule has 2 aromatic heterocycles. The number of nitrogens with zero attached hydrogens (tertiary/aromatic N) is 6. The predicted molar refractivity (Wildman–Crippen MR) is 153 cm³/mol. The van der Waals surface area contributed by atoms with Crippen molar-refractivity contribution in [1.29, 1.82) is 0 Å². The quantitative estimate of drug-likeness (QED) is 0.111. The number of nitrogens with one attached hydrogen (secondary N) is 2. The molecule has 8 nitrogen and oxygen atoms in total. The van der Waals surface area contributed by atoms with Crippen LogP contribution in [0, 0.1) is 13.8 Å². The normalized spacial score (nSPS) is 11.6. The molecule has 192 valence electrons. The molecule has 0 aliphatic carbocycles. The van der Waals surface area contributed by atoms with Gasteiger partial charge in [0.25, 0.3) is 0 Å². The van der Waals surface area contributed by atoms with Crippen molar-refractivity contribution >= 4 is 55.7 Å².